The number of hydrogen-bond donors (Lipinski definition) is 2. The molecule has 1 saturated heterocycles. The number of amides is 3. The molecular weight excluding hydrogens is 605 g/mol. The van der Waals surface area contributed by atoms with E-state index in [-0.39, 0.29) is 29.9 Å². The Labute approximate surface area is 273 Å². The number of furan rings is 1. The average Bonchev–Trinajstić information content (AvgIpc) is 3.42. The second-order valence-electron chi connectivity index (χ2n) is 12.7. The molecule has 1 unspecified atom stereocenters. The molecule has 10 nitrogen and oxygen atoms in total. The Bertz CT molecular complexity index is 1770. The van der Waals surface area contributed by atoms with Gasteiger partial charge in [-0.25, -0.2) is 14.1 Å². The van der Waals surface area contributed by atoms with E-state index in [1.54, 1.807) is 69.3 Å². The lowest BCUT2D eigenvalue weighted by atomic mass is 9.95. The van der Waals surface area contributed by atoms with Crippen LogP contribution in [0.4, 0.5) is 14.9 Å². The SMILES string of the molecule is CNC(=O)c1c(-c2ccc(F)cc2)oc2ccc(-c3ccc(N(C(=O)OC(C)(C)C)C4COCCO4)cc3C(=O)NCC(C)C)cc12. The van der Waals surface area contributed by atoms with Gasteiger partial charge >= 0.3 is 6.09 Å². The fourth-order valence-corrected chi connectivity index (χ4v) is 5.26. The van der Waals surface area contributed by atoms with E-state index < -0.39 is 23.7 Å². The molecule has 5 rings (SSSR count). The summed E-state index contributed by atoms with van der Waals surface area (Å²) in [5.74, 6) is -0.643. The first-order valence-corrected chi connectivity index (χ1v) is 15.5. The fraction of sp³-hybridized carbons (Fsp3) is 0.361. The smallest absolute Gasteiger partial charge is 0.417 e. The van der Waals surface area contributed by atoms with Gasteiger partial charge in [0.25, 0.3) is 11.8 Å². The number of hydrogen-bond acceptors (Lipinski definition) is 7. The Balaban J connectivity index is 1.65. The van der Waals surface area contributed by atoms with Crippen molar-refractivity contribution in [2.24, 2.45) is 5.92 Å². The van der Waals surface area contributed by atoms with E-state index in [2.05, 4.69) is 10.6 Å². The number of carbonyl (C=O) groups excluding carboxylic acids is 3. The van der Waals surface area contributed by atoms with E-state index in [4.69, 9.17) is 18.6 Å². The molecule has 2 N–H and O–H groups in total. The van der Waals surface area contributed by atoms with Crippen molar-refractivity contribution in [3.63, 3.8) is 0 Å². The van der Waals surface area contributed by atoms with Crippen molar-refractivity contribution in [1.82, 2.24) is 10.6 Å². The van der Waals surface area contributed by atoms with Crippen LogP contribution in [-0.2, 0) is 14.2 Å². The summed E-state index contributed by atoms with van der Waals surface area (Å²) in [5, 5.41) is 6.17. The van der Waals surface area contributed by atoms with Crippen molar-refractivity contribution in [2.75, 3.05) is 38.3 Å². The molecule has 1 aliphatic heterocycles. The van der Waals surface area contributed by atoms with E-state index in [0.717, 1.165) is 0 Å². The summed E-state index contributed by atoms with van der Waals surface area (Å²) in [4.78, 5) is 41.8. The molecule has 0 spiro atoms. The van der Waals surface area contributed by atoms with Crippen molar-refractivity contribution in [3.8, 4) is 22.5 Å². The Hall–Kier alpha value is -4.74. The molecule has 11 heteroatoms. The van der Waals surface area contributed by atoms with Gasteiger partial charge in [-0.2, -0.15) is 0 Å². The zero-order chi connectivity index (χ0) is 33.9. The standard InChI is InChI=1S/C36H40FN3O7/c1-21(2)19-39-33(41)27-18-25(40(30-20-44-15-16-45-30)35(43)47-36(3,4)5)12-13-26(27)23-9-14-29-28(17-23)31(34(42)38-6)32(46-29)22-7-10-24(37)11-8-22/h7-14,17-18,21,30H,15-16,19-20H2,1-6H3,(H,38,42)(H,39,41). The first-order valence-electron chi connectivity index (χ1n) is 15.5. The van der Waals surface area contributed by atoms with Crippen LogP contribution in [0.3, 0.4) is 0 Å². The van der Waals surface area contributed by atoms with E-state index in [1.165, 1.54) is 24.1 Å². The summed E-state index contributed by atoms with van der Waals surface area (Å²) in [6.45, 7) is 10.6. The maximum Gasteiger partial charge on any atom is 0.417 e. The molecule has 1 aliphatic rings. The van der Waals surface area contributed by atoms with Gasteiger partial charge in [0.1, 0.15) is 22.8 Å². The van der Waals surface area contributed by atoms with Crippen LogP contribution < -0.4 is 15.5 Å². The molecule has 0 bridgehead atoms. The molecule has 1 fully saturated rings. The normalized spacial score (nSPS) is 15.0. The third-order valence-corrected chi connectivity index (χ3v) is 7.43. The number of nitrogens with one attached hydrogen (secondary N) is 2. The Morgan fingerprint density at radius 2 is 1.70 bits per heavy atom. The molecule has 1 atom stereocenters. The van der Waals surface area contributed by atoms with Crippen molar-refractivity contribution in [3.05, 3.63) is 77.6 Å². The summed E-state index contributed by atoms with van der Waals surface area (Å²) in [6.07, 6.45) is -1.41. The highest BCUT2D eigenvalue weighted by atomic mass is 19.1. The Morgan fingerprint density at radius 1 is 0.979 bits per heavy atom. The molecule has 2 heterocycles. The second kappa shape index (κ2) is 13.9. The van der Waals surface area contributed by atoms with E-state index in [1.807, 2.05) is 13.8 Å². The number of anilines is 1. The summed E-state index contributed by atoms with van der Waals surface area (Å²) in [5.41, 5.74) is 2.38. The minimum atomic E-state index is -0.780. The molecular formula is C36H40FN3O7. The van der Waals surface area contributed by atoms with Gasteiger partial charge in [-0.3, -0.25) is 9.59 Å². The van der Waals surface area contributed by atoms with Crippen LogP contribution in [0.5, 0.6) is 0 Å². The highest BCUT2D eigenvalue weighted by Gasteiger charge is 2.33. The highest BCUT2D eigenvalue weighted by Crippen LogP contribution is 2.38. The first kappa shape index (κ1) is 33.6. The van der Waals surface area contributed by atoms with Gasteiger partial charge < -0.3 is 29.3 Å². The number of rotatable bonds is 8. The Kier molecular flexibility index (Phi) is 9.97. The fourth-order valence-electron chi connectivity index (χ4n) is 5.26. The highest BCUT2D eigenvalue weighted by molar-refractivity contribution is 6.12. The van der Waals surface area contributed by atoms with Gasteiger partial charge in [-0.15, -0.1) is 0 Å². The molecule has 47 heavy (non-hydrogen) atoms. The predicted octanol–water partition coefficient (Wildman–Crippen LogP) is 6.77. The van der Waals surface area contributed by atoms with E-state index in [0.29, 0.717) is 64.4 Å². The number of nitrogens with zero attached hydrogens (tertiary/aromatic N) is 1. The van der Waals surface area contributed by atoms with Crippen LogP contribution in [0.2, 0.25) is 0 Å². The third kappa shape index (κ3) is 7.64. The van der Waals surface area contributed by atoms with Gasteiger partial charge in [0.2, 0.25) is 0 Å². The number of halogens is 1. The van der Waals surface area contributed by atoms with Crippen molar-refractivity contribution >= 4 is 34.6 Å². The maximum absolute atomic E-state index is 13.8. The largest absolute Gasteiger partial charge is 0.455 e. The number of ether oxygens (including phenoxy) is 3. The van der Waals surface area contributed by atoms with Gasteiger partial charge in [-0.1, -0.05) is 26.0 Å². The molecule has 248 valence electrons. The quantitative estimate of drug-likeness (QED) is 0.217. The number of fused-ring (bicyclic) bond motifs is 1. The molecule has 3 amide bonds. The Morgan fingerprint density at radius 3 is 2.34 bits per heavy atom. The van der Waals surface area contributed by atoms with Gasteiger partial charge in [0.05, 0.1) is 31.1 Å². The number of benzene rings is 3. The van der Waals surface area contributed by atoms with Crippen molar-refractivity contribution < 1.29 is 37.4 Å². The zero-order valence-electron chi connectivity index (χ0n) is 27.4. The van der Waals surface area contributed by atoms with Crippen LogP contribution in [0, 0.1) is 11.7 Å². The molecule has 0 radical (unpaired) electrons. The maximum atomic E-state index is 13.8. The van der Waals surface area contributed by atoms with Crippen LogP contribution in [0.15, 0.2) is 65.1 Å². The summed E-state index contributed by atoms with van der Waals surface area (Å²) in [7, 11) is 1.52. The predicted molar refractivity (Wildman–Crippen MR) is 177 cm³/mol. The first-order chi connectivity index (χ1) is 22.4. The van der Waals surface area contributed by atoms with E-state index >= 15 is 0 Å². The van der Waals surface area contributed by atoms with Gasteiger partial charge in [0, 0.05) is 30.1 Å². The monoisotopic (exact) mass is 645 g/mol. The molecule has 0 aliphatic carbocycles. The van der Waals surface area contributed by atoms with Crippen LogP contribution in [0.25, 0.3) is 33.4 Å². The molecule has 1 aromatic heterocycles. The van der Waals surface area contributed by atoms with E-state index in [9.17, 15) is 18.8 Å². The molecule has 3 aromatic carbocycles. The topological polar surface area (TPSA) is 119 Å². The molecule has 0 saturated carbocycles. The average molecular weight is 646 g/mol. The second-order valence-corrected chi connectivity index (χ2v) is 12.7. The van der Waals surface area contributed by atoms with Crippen LogP contribution >= 0.6 is 0 Å². The minimum Gasteiger partial charge on any atom is -0.455 e. The summed E-state index contributed by atoms with van der Waals surface area (Å²) >= 11 is 0. The lowest BCUT2D eigenvalue weighted by molar-refractivity contribution is -0.0886. The van der Waals surface area contributed by atoms with Crippen molar-refractivity contribution in [1.29, 1.82) is 0 Å². The third-order valence-electron chi connectivity index (χ3n) is 7.43. The lowest BCUT2D eigenvalue weighted by Crippen LogP contribution is -2.49. The summed E-state index contributed by atoms with van der Waals surface area (Å²) < 4.78 is 37.0. The molecule has 4 aromatic rings. The summed E-state index contributed by atoms with van der Waals surface area (Å²) in [6, 6.07) is 16.1. The minimum absolute atomic E-state index is 0.131. The lowest BCUT2D eigenvalue weighted by Gasteiger charge is -2.35. The van der Waals surface area contributed by atoms with Crippen LogP contribution in [0.1, 0.15) is 55.3 Å². The van der Waals surface area contributed by atoms with Gasteiger partial charge in [0.15, 0.2) is 6.23 Å². The van der Waals surface area contributed by atoms with Crippen molar-refractivity contribution in [2.45, 2.75) is 46.4 Å². The number of carbonyl (C=O) groups is 3. The van der Waals surface area contributed by atoms with Crippen LogP contribution in [-0.4, -0.2) is 63.1 Å². The zero-order valence-corrected chi connectivity index (χ0v) is 27.4. The van der Waals surface area contributed by atoms with Gasteiger partial charge in [-0.05, 0) is 86.3 Å².